The van der Waals surface area contributed by atoms with Crippen molar-refractivity contribution in [1.82, 2.24) is 4.90 Å². The molecule has 0 N–H and O–H groups in total. The first-order chi connectivity index (χ1) is 12.3. The summed E-state index contributed by atoms with van der Waals surface area (Å²) < 4.78 is 16.2. The zero-order valence-electron chi connectivity index (χ0n) is 16.1. The fourth-order valence-electron chi connectivity index (χ4n) is 3.00. The topological polar surface area (TPSA) is 65.1 Å². The standard InChI is InChI=1S/C20H29NO5/c1-20(2,3)26-19(23)21-11-7-8-15(13-21)12-16(22)14-25-18-10-6-5-9-17(18)24-4/h5-6,9-10,15H,7-8,11-14H2,1-4H3. The Kier molecular flexibility index (Phi) is 6.89. The number of nitrogens with zero attached hydrogens (tertiary/aromatic N) is 1. The van der Waals surface area contributed by atoms with E-state index in [1.54, 1.807) is 24.1 Å². The molecule has 6 heteroatoms. The Morgan fingerprint density at radius 3 is 2.54 bits per heavy atom. The number of piperidine rings is 1. The van der Waals surface area contributed by atoms with E-state index in [1.807, 2.05) is 32.9 Å². The van der Waals surface area contributed by atoms with Crippen LogP contribution in [0.1, 0.15) is 40.0 Å². The van der Waals surface area contributed by atoms with Crippen LogP contribution in [-0.4, -0.2) is 49.2 Å². The molecule has 1 amide bonds. The summed E-state index contributed by atoms with van der Waals surface area (Å²) in [6, 6.07) is 7.25. The van der Waals surface area contributed by atoms with Gasteiger partial charge >= 0.3 is 6.09 Å². The van der Waals surface area contributed by atoms with Gasteiger partial charge in [-0.25, -0.2) is 4.79 Å². The summed E-state index contributed by atoms with van der Waals surface area (Å²) in [7, 11) is 1.57. The average Bonchev–Trinajstić information content (AvgIpc) is 2.59. The van der Waals surface area contributed by atoms with Crippen molar-refractivity contribution in [2.24, 2.45) is 5.92 Å². The van der Waals surface area contributed by atoms with Crippen LogP contribution in [-0.2, 0) is 9.53 Å². The van der Waals surface area contributed by atoms with Gasteiger partial charge in [-0.05, 0) is 51.7 Å². The molecule has 2 rings (SSSR count). The molecule has 0 bridgehead atoms. The van der Waals surface area contributed by atoms with E-state index in [0.717, 1.165) is 12.8 Å². The van der Waals surface area contributed by atoms with E-state index in [1.165, 1.54) is 0 Å². The second-order valence-electron chi connectivity index (χ2n) is 7.62. The third-order valence-corrected chi connectivity index (χ3v) is 4.14. The number of carbonyl (C=O) groups excluding carboxylic acids is 2. The van der Waals surface area contributed by atoms with Gasteiger partial charge in [0, 0.05) is 19.5 Å². The van der Waals surface area contributed by atoms with Gasteiger partial charge in [-0.1, -0.05) is 12.1 Å². The van der Waals surface area contributed by atoms with Crippen LogP contribution < -0.4 is 9.47 Å². The number of carbonyl (C=O) groups is 2. The highest BCUT2D eigenvalue weighted by Gasteiger charge is 2.28. The number of hydrogen-bond donors (Lipinski definition) is 0. The fraction of sp³-hybridized carbons (Fsp3) is 0.600. The van der Waals surface area contributed by atoms with E-state index in [9.17, 15) is 9.59 Å². The molecule has 1 saturated heterocycles. The maximum atomic E-state index is 12.3. The minimum Gasteiger partial charge on any atom is -0.493 e. The Labute approximate surface area is 155 Å². The largest absolute Gasteiger partial charge is 0.493 e. The highest BCUT2D eigenvalue weighted by atomic mass is 16.6. The van der Waals surface area contributed by atoms with Crippen LogP contribution in [0.2, 0.25) is 0 Å². The summed E-state index contributed by atoms with van der Waals surface area (Å²) in [6.45, 7) is 6.79. The molecular weight excluding hydrogens is 334 g/mol. The van der Waals surface area contributed by atoms with Gasteiger partial charge in [0.05, 0.1) is 7.11 Å². The summed E-state index contributed by atoms with van der Waals surface area (Å²) in [5.74, 6) is 1.33. The molecule has 1 aliphatic heterocycles. The molecule has 6 nitrogen and oxygen atoms in total. The van der Waals surface area contributed by atoms with Crippen LogP contribution in [0.4, 0.5) is 4.79 Å². The molecule has 1 aromatic rings. The minimum absolute atomic E-state index is 0.00328. The molecule has 1 fully saturated rings. The highest BCUT2D eigenvalue weighted by molar-refractivity contribution is 5.80. The summed E-state index contributed by atoms with van der Waals surface area (Å²) in [5, 5.41) is 0. The Morgan fingerprint density at radius 2 is 1.88 bits per heavy atom. The molecule has 26 heavy (non-hydrogen) atoms. The highest BCUT2D eigenvalue weighted by Crippen LogP contribution is 2.26. The maximum absolute atomic E-state index is 12.3. The van der Waals surface area contributed by atoms with Crippen molar-refractivity contribution in [3.05, 3.63) is 24.3 Å². The maximum Gasteiger partial charge on any atom is 0.410 e. The smallest absolute Gasteiger partial charge is 0.410 e. The third-order valence-electron chi connectivity index (χ3n) is 4.14. The first-order valence-corrected chi connectivity index (χ1v) is 9.04. The number of ether oxygens (including phenoxy) is 3. The quantitative estimate of drug-likeness (QED) is 0.771. The summed E-state index contributed by atoms with van der Waals surface area (Å²) in [5.41, 5.74) is -0.511. The molecule has 1 aliphatic rings. The predicted octanol–water partition coefficient (Wildman–Crippen LogP) is 3.68. The van der Waals surface area contributed by atoms with E-state index in [-0.39, 0.29) is 24.4 Å². The second kappa shape index (κ2) is 8.92. The zero-order valence-corrected chi connectivity index (χ0v) is 16.1. The lowest BCUT2D eigenvalue weighted by Gasteiger charge is -2.33. The van der Waals surface area contributed by atoms with Crippen molar-refractivity contribution in [3.8, 4) is 11.5 Å². The van der Waals surface area contributed by atoms with Crippen LogP contribution in [0.25, 0.3) is 0 Å². The normalized spacial score (nSPS) is 17.5. The number of ketones is 1. The van der Waals surface area contributed by atoms with E-state index < -0.39 is 5.60 Å². The van der Waals surface area contributed by atoms with Gasteiger partial charge < -0.3 is 19.1 Å². The van der Waals surface area contributed by atoms with Crippen molar-refractivity contribution in [3.63, 3.8) is 0 Å². The van der Waals surface area contributed by atoms with Gasteiger partial charge in [0.1, 0.15) is 12.2 Å². The lowest BCUT2D eigenvalue weighted by molar-refractivity contribution is -0.122. The Hall–Kier alpha value is -2.24. The van der Waals surface area contributed by atoms with E-state index in [0.29, 0.717) is 31.0 Å². The van der Waals surface area contributed by atoms with Crippen LogP contribution in [0.3, 0.4) is 0 Å². The van der Waals surface area contributed by atoms with Gasteiger partial charge in [-0.15, -0.1) is 0 Å². The number of amides is 1. The number of methoxy groups -OCH3 is 1. The van der Waals surface area contributed by atoms with Gasteiger partial charge in [-0.2, -0.15) is 0 Å². The molecule has 1 atom stereocenters. The molecule has 0 aromatic heterocycles. The van der Waals surface area contributed by atoms with Gasteiger partial charge in [0.15, 0.2) is 17.3 Å². The van der Waals surface area contributed by atoms with Gasteiger partial charge in [0.2, 0.25) is 0 Å². The fourth-order valence-corrected chi connectivity index (χ4v) is 3.00. The minimum atomic E-state index is -0.511. The van der Waals surface area contributed by atoms with E-state index in [2.05, 4.69) is 0 Å². The number of hydrogen-bond acceptors (Lipinski definition) is 5. The van der Waals surface area contributed by atoms with Crippen LogP contribution in [0, 0.1) is 5.92 Å². The van der Waals surface area contributed by atoms with Crippen molar-refractivity contribution in [2.45, 2.75) is 45.6 Å². The van der Waals surface area contributed by atoms with Gasteiger partial charge in [0.25, 0.3) is 0 Å². The molecule has 144 valence electrons. The van der Waals surface area contributed by atoms with Crippen molar-refractivity contribution >= 4 is 11.9 Å². The molecule has 0 aliphatic carbocycles. The number of benzene rings is 1. The Bertz CT molecular complexity index is 623. The van der Waals surface area contributed by atoms with Crippen molar-refractivity contribution in [1.29, 1.82) is 0 Å². The monoisotopic (exact) mass is 363 g/mol. The van der Waals surface area contributed by atoms with Crippen molar-refractivity contribution in [2.75, 3.05) is 26.8 Å². The summed E-state index contributed by atoms with van der Waals surface area (Å²) in [6.07, 6.45) is 1.90. The van der Waals surface area contributed by atoms with E-state index >= 15 is 0 Å². The first kappa shape index (κ1) is 20.1. The lowest BCUT2D eigenvalue weighted by atomic mass is 9.93. The number of rotatable bonds is 6. The summed E-state index contributed by atoms with van der Waals surface area (Å²) >= 11 is 0. The van der Waals surface area contributed by atoms with E-state index in [4.69, 9.17) is 14.2 Å². The number of para-hydroxylation sites is 2. The Balaban J connectivity index is 1.82. The molecule has 1 aromatic carbocycles. The van der Waals surface area contributed by atoms with Crippen LogP contribution in [0.5, 0.6) is 11.5 Å². The van der Waals surface area contributed by atoms with Gasteiger partial charge in [-0.3, -0.25) is 4.79 Å². The number of likely N-dealkylation sites (tertiary alicyclic amines) is 1. The molecule has 0 spiro atoms. The summed E-state index contributed by atoms with van der Waals surface area (Å²) in [4.78, 5) is 26.2. The lowest BCUT2D eigenvalue weighted by Crippen LogP contribution is -2.43. The van der Waals surface area contributed by atoms with Crippen molar-refractivity contribution < 1.29 is 23.8 Å². The van der Waals surface area contributed by atoms with Crippen LogP contribution >= 0.6 is 0 Å². The molecule has 1 unspecified atom stereocenters. The Morgan fingerprint density at radius 1 is 1.19 bits per heavy atom. The molecule has 1 heterocycles. The SMILES string of the molecule is COc1ccccc1OCC(=O)CC1CCCN(C(=O)OC(C)(C)C)C1. The molecule has 0 saturated carbocycles. The second-order valence-corrected chi connectivity index (χ2v) is 7.62. The first-order valence-electron chi connectivity index (χ1n) is 9.04. The zero-order chi connectivity index (χ0) is 19.2. The van der Waals surface area contributed by atoms with Crippen LogP contribution in [0.15, 0.2) is 24.3 Å². The average molecular weight is 363 g/mol. The third kappa shape index (κ3) is 6.24. The molecular formula is C20H29NO5. The number of Topliss-reactive ketones (excluding diaryl/α,β-unsaturated/α-hetero) is 1. The molecule has 0 radical (unpaired) electrons. The predicted molar refractivity (Wildman–Crippen MR) is 98.6 cm³/mol.